The third-order valence-corrected chi connectivity index (χ3v) is 8.16. The van der Waals surface area contributed by atoms with E-state index in [0.29, 0.717) is 17.0 Å². The minimum atomic E-state index is -0.421. The molecule has 0 atom stereocenters. The highest BCUT2D eigenvalue weighted by Gasteiger charge is 2.12. The number of hydrogen-bond acceptors (Lipinski definition) is 10. The van der Waals surface area contributed by atoms with Gasteiger partial charge in [-0.05, 0) is 41.5 Å². The summed E-state index contributed by atoms with van der Waals surface area (Å²) in [4.78, 5) is 33.0. The van der Waals surface area contributed by atoms with E-state index in [2.05, 4.69) is 42.3 Å². The average Bonchev–Trinajstić information content (AvgIpc) is 3.70. The number of nitriles is 1. The highest BCUT2D eigenvalue weighted by atomic mass is 32.1. The summed E-state index contributed by atoms with van der Waals surface area (Å²) in [5.41, 5.74) is 8.60. The highest BCUT2D eigenvalue weighted by Crippen LogP contribution is 2.37. The van der Waals surface area contributed by atoms with Crippen molar-refractivity contribution in [3.05, 3.63) is 76.4 Å². The van der Waals surface area contributed by atoms with Gasteiger partial charge in [0.05, 0.1) is 11.3 Å². The van der Waals surface area contributed by atoms with Gasteiger partial charge in [-0.2, -0.15) is 15.2 Å². The van der Waals surface area contributed by atoms with Gasteiger partial charge in [0.2, 0.25) is 11.8 Å². The van der Waals surface area contributed by atoms with Crippen LogP contribution in [0.5, 0.6) is 5.88 Å². The van der Waals surface area contributed by atoms with E-state index in [1.165, 1.54) is 11.3 Å². The number of anilines is 2. The number of carbonyl (C=O) groups excluding carboxylic acids is 1. The number of nitrogens with two attached hydrogens (primary N) is 1. The summed E-state index contributed by atoms with van der Waals surface area (Å²) in [6.45, 7) is 0.553. The lowest BCUT2D eigenvalue weighted by Crippen LogP contribution is -2.23. The summed E-state index contributed by atoms with van der Waals surface area (Å²) in [7, 11) is 4.02. The maximum Gasteiger partial charge on any atom is 0.262 e. The number of thiophene rings is 2. The Kier molecular flexibility index (Phi) is 7.53. The molecule has 0 unspecified atom stereocenters. The summed E-state index contributed by atoms with van der Waals surface area (Å²) in [6.07, 6.45) is 3.13. The van der Waals surface area contributed by atoms with E-state index >= 15 is 0 Å². The number of nitrogens with zero attached hydrogens (tertiary/aromatic N) is 5. The fourth-order valence-corrected chi connectivity index (χ4v) is 5.63. The number of aromatic nitrogens is 4. The number of hydrogen-bond donors (Lipinski definition) is 3. The topological polar surface area (TPSA) is 146 Å². The van der Waals surface area contributed by atoms with Gasteiger partial charge >= 0.3 is 0 Å². The van der Waals surface area contributed by atoms with E-state index < -0.39 is 5.91 Å². The zero-order valence-electron chi connectivity index (χ0n) is 21.1. The molecule has 0 spiro atoms. The molecule has 5 rings (SSSR count). The molecule has 0 bridgehead atoms. The molecule has 0 saturated carbocycles. The normalized spacial score (nSPS) is 11.4. The van der Waals surface area contributed by atoms with Crippen LogP contribution in [0.3, 0.4) is 0 Å². The number of amides is 1. The van der Waals surface area contributed by atoms with Crippen molar-refractivity contribution in [2.24, 2.45) is 0 Å². The molecule has 10 nitrogen and oxygen atoms in total. The van der Waals surface area contributed by atoms with Crippen LogP contribution >= 0.6 is 22.7 Å². The summed E-state index contributed by atoms with van der Waals surface area (Å²) < 4.78 is 5.81. The van der Waals surface area contributed by atoms with Gasteiger partial charge < -0.3 is 25.7 Å². The number of rotatable bonds is 9. The third kappa shape index (κ3) is 6.06. The van der Waals surface area contributed by atoms with Crippen LogP contribution in [0.1, 0.15) is 16.0 Å². The second-order valence-electron chi connectivity index (χ2n) is 8.68. The predicted molar refractivity (Wildman–Crippen MR) is 154 cm³/mol. The van der Waals surface area contributed by atoms with Gasteiger partial charge in [0.1, 0.15) is 23.8 Å². The van der Waals surface area contributed by atoms with Crippen molar-refractivity contribution in [2.45, 2.75) is 13.2 Å². The number of fused-ring (bicyclic) bond motifs is 1. The van der Waals surface area contributed by atoms with Crippen LogP contribution in [-0.4, -0.2) is 39.9 Å². The van der Waals surface area contributed by atoms with Crippen LogP contribution in [-0.2, 0) is 17.9 Å². The zero-order valence-corrected chi connectivity index (χ0v) is 22.8. The molecule has 4 N–H and O–H groups in total. The lowest BCUT2D eigenvalue weighted by Gasteiger charge is -2.08. The number of nitrogen functional groups attached to an aromatic ring is 1. The SMILES string of the molecule is CN(C)c1ccc(-c2ccc(/C=C(\C#N)C(=O)NCc3ccc(COc4nc(N)nc5nc[nH]c45)cc3)s2)s1. The quantitative estimate of drug-likeness (QED) is 0.176. The highest BCUT2D eigenvalue weighted by molar-refractivity contribution is 7.24. The lowest BCUT2D eigenvalue weighted by atomic mass is 10.1. The first-order valence-corrected chi connectivity index (χ1v) is 13.5. The molecule has 4 heterocycles. The monoisotopic (exact) mass is 556 g/mol. The minimum absolute atomic E-state index is 0.0582. The number of nitrogens with one attached hydrogen (secondary N) is 2. The Morgan fingerprint density at radius 3 is 2.59 bits per heavy atom. The summed E-state index contributed by atoms with van der Waals surface area (Å²) in [5, 5.41) is 13.6. The molecule has 0 aliphatic rings. The number of carbonyl (C=O) groups is 1. The molecular weight excluding hydrogens is 532 g/mol. The maximum absolute atomic E-state index is 12.7. The number of H-pyrrole nitrogens is 1. The van der Waals surface area contributed by atoms with Crippen LogP contribution in [0.2, 0.25) is 0 Å². The fraction of sp³-hybridized carbons (Fsp3) is 0.148. The van der Waals surface area contributed by atoms with Gasteiger partial charge in [0.25, 0.3) is 5.91 Å². The molecule has 0 aliphatic heterocycles. The molecule has 0 radical (unpaired) electrons. The molecule has 1 aromatic carbocycles. The molecule has 39 heavy (non-hydrogen) atoms. The Balaban J connectivity index is 1.17. The fourth-order valence-electron chi connectivity index (χ4n) is 3.66. The standard InChI is InChI=1S/C27H24N8O2S2/c1-35(2)22-10-9-21(39-22)20-8-7-19(38-20)11-18(12-28)25(36)30-13-16-3-5-17(6-4-16)14-37-26-23-24(32-15-31-23)33-27(29)34-26/h3-11,15H,13-14H2,1-2H3,(H,30,36)(H3,29,31,32,33,34)/b18-11+. The van der Waals surface area contributed by atoms with Gasteiger partial charge in [-0.15, -0.1) is 22.7 Å². The second kappa shape index (κ2) is 11.3. The summed E-state index contributed by atoms with van der Waals surface area (Å²) in [5.74, 6) is -0.00775. The smallest absolute Gasteiger partial charge is 0.262 e. The van der Waals surface area contributed by atoms with E-state index in [1.54, 1.807) is 28.7 Å². The van der Waals surface area contributed by atoms with E-state index in [-0.39, 0.29) is 24.7 Å². The number of imidazole rings is 1. The maximum atomic E-state index is 12.7. The van der Waals surface area contributed by atoms with Crippen LogP contribution in [0.25, 0.3) is 27.0 Å². The summed E-state index contributed by atoms with van der Waals surface area (Å²) >= 11 is 3.24. The zero-order chi connectivity index (χ0) is 27.4. The molecule has 4 aromatic heterocycles. The number of aromatic amines is 1. The molecule has 196 valence electrons. The van der Waals surface area contributed by atoms with Gasteiger partial charge in [-0.3, -0.25) is 4.79 Å². The molecule has 5 aromatic rings. The Morgan fingerprint density at radius 2 is 1.85 bits per heavy atom. The van der Waals surface area contributed by atoms with Crippen molar-refractivity contribution in [2.75, 3.05) is 24.7 Å². The van der Waals surface area contributed by atoms with E-state index in [9.17, 15) is 10.1 Å². The van der Waals surface area contributed by atoms with Gasteiger partial charge in [0, 0.05) is 35.3 Å². The van der Waals surface area contributed by atoms with Gasteiger partial charge in [0.15, 0.2) is 5.65 Å². The predicted octanol–water partition coefficient (Wildman–Crippen LogP) is 4.59. The van der Waals surface area contributed by atoms with E-state index in [1.807, 2.05) is 56.6 Å². The Bertz CT molecular complexity index is 1690. The summed E-state index contributed by atoms with van der Waals surface area (Å²) in [6, 6.07) is 17.7. The average molecular weight is 557 g/mol. The van der Waals surface area contributed by atoms with Crippen LogP contribution < -0.4 is 20.7 Å². The molecule has 0 saturated heterocycles. The Hall–Kier alpha value is -4.73. The van der Waals surface area contributed by atoms with Crippen molar-refractivity contribution < 1.29 is 9.53 Å². The Morgan fingerprint density at radius 1 is 1.10 bits per heavy atom. The van der Waals surface area contributed by atoms with Crippen molar-refractivity contribution in [1.82, 2.24) is 25.3 Å². The molecule has 1 amide bonds. The van der Waals surface area contributed by atoms with Crippen molar-refractivity contribution >= 4 is 56.8 Å². The number of ether oxygens (including phenoxy) is 1. The van der Waals surface area contributed by atoms with Gasteiger partial charge in [-0.25, -0.2) is 4.98 Å². The molecule has 0 fully saturated rings. The van der Waals surface area contributed by atoms with Crippen LogP contribution in [0.4, 0.5) is 10.9 Å². The number of benzene rings is 1. The van der Waals surface area contributed by atoms with Crippen molar-refractivity contribution in [3.8, 4) is 21.7 Å². The van der Waals surface area contributed by atoms with E-state index in [4.69, 9.17) is 10.5 Å². The van der Waals surface area contributed by atoms with Crippen molar-refractivity contribution in [1.29, 1.82) is 5.26 Å². The second-order valence-corrected chi connectivity index (χ2v) is 10.9. The van der Waals surface area contributed by atoms with Crippen LogP contribution in [0.15, 0.2) is 60.4 Å². The Labute approximate surface area is 232 Å². The molecule has 12 heteroatoms. The van der Waals surface area contributed by atoms with Crippen molar-refractivity contribution in [3.63, 3.8) is 0 Å². The molecule has 0 aliphatic carbocycles. The third-order valence-electron chi connectivity index (χ3n) is 5.68. The first-order chi connectivity index (χ1) is 18.9. The minimum Gasteiger partial charge on any atom is -0.471 e. The lowest BCUT2D eigenvalue weighted by molar-refractivity contribution is -0.117. The first kappa shape index (κ1) is 25.9. The van der Waals surface area contributed by atoms with Gasteiger partial charge in [-0.1, -0.05) is 24.3 Å². The van der Waals surface area contributed by atoms with Crippen LogP contribution in [0, 0.1) is 11.3 Å². The largest absolute Gasteiger partial charge is 0.471 e. The van der Waals surface area contributed by atoms with E-state index in [0.717, 1.165) is 25.8 Å². The molecular formula is C27H24N8O2S2. The first-order valence-electron chi connectivity index (χ1n) is 11.8.